The van der Waals surface area contributed by atoms with Gasteiger partial charge in [0, 0.05) is 18.1 Å². The fraction of sp³-hybridized carbons (Fsp3) is 0.0909. The van der Waals surface area contributed by atoms with Crippen LogP contribution in [0.15, 0.2) is 34.7 Å². The molecule has 6 heteroatoms. The molecule has 0 unspecified atom stereocenters. The van der Waals surface area contributed by atoms with Gasteiger partial charge in [-0.15, -0.1) is 0 Å². The first-order valence-electron chi connectivity index (χ1n) is 4.83. The molecule has 2 aromatic heterocycles. The van der Waals surface area contributed by atoms with E-state index in [1.807, 2.05) is 19.1 Å². The highest BCUT2D eigenvalue weighted by Gasteiger charge is 2.09. The van der Waals surface area contributed by atoms with Crippen LogP contribution < -0.4 is 5.73 Å². The number of rotatable bonds is 2. The Labute approximate surface area is 103 Å². The van der Waals surface area contributed by atoms with E-state index in [-0.39, 0.29) is 0 Å². The zero-order chi connectivity index (χ0) is 12.3. The van der Waals surface area contributed by atoms with E-state index in [1.54, 1.807) is 18.5 Å². The lowest BCUT2D eigenvalue weighted by Crippen LogP contribution is -1.97. The number of aromatic nitrogens is 3. The van der Waals surface area contributed by atoms with Crippen LogP contribution in [0.5, 0.6) is 0 Å². The number of hydrogen-bond acceptors (Lipinski definition) is 6. The van der Waals surface area contributed by atoms with Crippen LogP contribution in [0.4, 0.5) is 5.69 Å². The Hall–Kier alpha value is -2.13. The van der Waals surface area contributed by atoms with Gasteiger partial charge in [-0.2, -0.15) is 5.26 Å². The van der Waals surface area contributed by atoms with E-state index in [2.05, 4.69) is 15.0 Å². The number of pyridine rings is 1. The lowest BCUT2D eigenvalue weighted by Gasteiger charge is -2.04. The van der Waals surface area contributed by atoms with Gasteiger partial charge in [0.2, 0.25) is 0 Å². The number of nitrogens with two attached hydrogens (primary N) is 1. The third-order valence-corrected chi connectivity index (χ3v) is 2.93. The van der Waals surface area contributed by atoms with Crippen LogP contribution in [0.2, 0.25) is 0 Å². The predicted molar refractivity (Wildman–Crippen MR) is 64.3 cm³/mol. The van der Waals surface area contributed by atoms with Crippen LogP contribution in [-0.4, -0.2) is 15.0 Å². The van der Waals surface area contributed by atoms with E-state index < -0.39 is 0 Å². The van der Waals surface area contributed by atoms with Crippen molar-refractivity contribution in [1.29, 1.82) is 5.26 Å². The standard InChI is InChI=1S/C11H9N5S/c1-7-2-4-15-11(16-7)17-10-9(13)8(6-12)3-5-14-10/h2-5H,13H2,1H3. The first kappa shape index (κ1) is 11.4. The van der Waals surface area contributed by atoms with Crippen LogP contribution in [0.25, 0.3) is 0 Å². The van der Waals surface area contributed by atoms with Crippen molar-refractivity contribution >= 4 is 17.4 Å². The Kier molecular flexibility index (Phi) is 3.21. The molecule has 84 valence electrons. The summed E-state index contributed by atoms with van der Waals surface area (Å²) in [4.78, 5) is 12.5. The summed E-state index contributed by atoms with van der Waals surface area (Å²) in [7, 11) is 0. The maximum atomic E-state index is 8.85. The highest BCUT2D eigenvalue weighted by molar-refractivity contribution is 7.99. The van der Waals surface area contributed by atoms with Crippen LogP contribution in [0.3, 0.4) is 0 Å². The second-order valence-corrected chi connectivity index (χ2v) is 4.23. The number of nitrogen functional groups attached to an aromatic ring is 1. The van der Waals surface area contributed by atoms with Gasteiger partial charge in [0.05, 0.1) is 11.3 Å². The lowest BCUT2D eigenvalue weighted by atomic mass is 10.2. The third-order valence-electron chi connectivity index (χ3n) is 2.03. The molecule has 0 fully saturated rings. The monoisotopic (exact) mass is 243 g/mol. The van der Waals surface area contributed by atoms with Gasteiger partial charge < -0.3 is 5.73 Å². The second kappa shape index (κ2) is 4.80. The summed E-state index contributed by atoms with van der Waals surface area (Å²) in [5.74, 6) is 0. The van der Waals surface area contributed by atoms with Crippen molar-refractivity contribution in [3.8, 4) is 6.07 Å². The highest BCUT2D eigenvalue weighted by atomic mass is 32.2. The highest BCUT2D eigenvalue weighted by Crippen LogP contribution is 2.29. The Bertz CT molecular complexity index is 591. The summed E-state index contributed by atoms with van der Waals surface area (Å²) in [6.07, 6.45) is 3.22. The Morgan fingerprint density at radius 2 is 2.06 bits per heavy atom. The maximum absolute atomic E-state index is 8.85. The number of anilines is 1. The molecule has 0 aliphatic carbocycles. The number of aryl methyl sites for hydroxylation is 1. The van der Waals surface area contributed by atoms with Crippen molar-refractivity contribution < 1.29 is 0 Å². The second-order valence-electron chi connectivity index (χ2n) is 3.27. The summed E-state index contributed by atoms with van der Waals surface area (Å²) in [5, 5.41) is 9.97. The van der Waals surface area contributed by atoms with Gasteiger partial charge in [-0.1, -0.05) is 0 Å². The summed E-state index contributed by atoms with van der Waals surface area (Å²) in [6.45, 7) is 1.88. The summed E-state index contributed by atoms with van der Waals surface area (Å²) in [5.41, 5.74) is 7.47. The molecule has 2 N–H and O–H groups in total. The number of hydrogen-bond donors (Lipinski definition) is 1. The minimum absolute atomic E-state index is 0.366. The van der Waals surface area contributed by atoms with Gasteiger partial charge in [0.1, 0.15) is 11.1 Å². The van der Waals surface area contributed by atoms with Gasteiger partial charge >= 0.3 is 0 Å². The molecule has 5 nitrogen and oxygen atoms in total. The van der Waals surface area contributed by atoms with Gasteiger partial charge in [0.15, 0.2) is 5.16 Å². The van der Waals surface area contributed by atoms with Crippen LogP contribution in [0.1, 0.15) is 11.3 Å². The van der Waals surface area contributed by atoms with Gasteiger partial charge in [-0.3, -0.25) is 0 Å². The Balaban J connectivity index is 2.34. The molecular weight excluding hydrogens is 234 g/mol. The summed E-state index contributed by atoms with van der Waals surface area (Å²) < 4.78 is 0. The molecule has 0 radical (unpaired) electrons. The molecule has 0 aromatic carbocycles. The van der Waals surface area contributed by atoms with Crippen LogP contribution in [-0.2, 0) is 0 Å². The maximum Gasteiger partial charge on any atom is 0.194 e. The molecule has 0 amide bonds. The van der Waals surface area contributed by atoms with Gasteiger partial charge in [0.25, 0.3) is 0 Å². The molecule has 0 aliphatic rings. The van der Waals surface area contributed by atoms with Crippen molar-refractivity contribution in [2.75, 3.05) is 5.73 Å². The van der Waals surface area contributed by atoms with Gasteiger partial charge in [-0.25, -0.2) is 15.0 Å². The minimum atomic E-state index is 0.366. The van der Waals surface area contributed by atoms with E-state index in [1.165, 1.54) is 11.8 Å². The minimum Gasteiger partial charge on any atom is -0.395 e. The van der Waals surface area contributed by atoms with Gasteiger partial charge in [-0.05, 0) is 30.8 Å². The van der Waals surface area contributed by atoms with E-state index in [9.17, 15) is 0 Å². The summed E-state index contributed by atoms with van der Waals surface area (Å²) >= 11 is 1.25. The van der Waals surface area contributed by atoms with Crippen molar-refractivity contribution in [3.63, 3.8) is 0 Å². The molecule has 17 heavy (non-hydrogen) atoms. The van der Waals surface area contributed by atoms with E-state index in [4.69, 9.17) is 11.0 Å². The molecular formula is C11H9N5S. The van der Waals surface area contributed by atoms with Crippen LogP contribution in [0, 0.1) is 18.3 Å². The topological polar surface area (TPSA) is 88.5 Å². The van der Waals surface area contributed by atoms with E-state index in [0.717, 1.165) is 5.69 Å². The normalized spacial score (nSPS) is 9.88. The molecule has 0 saturated carbocycles. The molecule has 0 aliphatic heterocycles. The lowest BCUT2D eigenvalue weighted by molar-refractivity contribution is 0.928. The summed E-state index contributed by atoms with van der Waals surface area (Å²) in [6, 6.07) is 5.41. The number of nitrogens with zero attached hydrogens (tertiary/aromatic N) is 4. The quantitative estimate of drug-likeness (QED) is 0.809. The Morgan fingerprint density at radius 1 is 1.29 bits per heavy atom. The zero-order valence-electron chi connectivity index (χ0n) is 9.08. The van der Waals surface area contributed by atoms with Crippen molar-refractivity contribution in [2.24, 2.45) is 0 Å². The first-order valence-corrected chi connectivity index (χ1v) is 5.64. The molecule has 2 heterocycles. The predicted octanol–water partition coefficient (Wildman–Crippen LogP) is 1.79. The van der Waals surface area contributed by atoms with E-state index >= 15 is 0 Å². The van der Waals surface area contributed by atoms with Crippen molar-refractivity contribution in [1.82, 2.24) is 15.0 Å². The average molecular weight is 243 g/mol. The van der Waals surface area contributed by atoms with Crippen LogP contribution >= 0.6 is 11.8 Å². The van der Waals surface area contributed by atoms with Crippen molar-refractivity contribution in [2.45, 2.75) is 17.1 Å². The largest absolute Gasteiger partial charge is 0.395 e. The first-order chi connectivity index (χ1) is 8.20. The molecule has 0 spiro atoms. The number of nitriles is 1. The fourth-order valence-corrected chi connectivity index (χ4v) is 2.00. The molecule has 0 bridgehead atoms. The average Bonchev–Trinajstić information content (AvgIpc) is 2.32. The molecule has 0 saturated heterocycles. The Morgan fingerprint density at radius 3 is 2.76 bits per heavy atom. The van der Waals surface area contributed by atoms with E-state index in [0.29, 0.717) is 21.4 Å². The smallest absolute Gasteiger partial charge is 0.194 e. The zero-order valence-corrected chi connectivity index (χ0v) is 9.90. The third kappa shape index (κ3) is 2.52. The molecule has 2 aromatic rings. The molecule has 2 rings (SSSR count). The van der Waals surface area contributed by atoms with Crippen molar-refractivity contribution in [3.05, 3.63) is 35.8 Å². The SMILES string of the molecule is Cc1ccnc(Sc2nccc(C#N)c2N)n1. The molecule has 0 atom stereocenters. The fourth-order valence-electron chi connectivity index (χ4n) is 1.19.